The molecular formula is C15H23N3O3. The number of amides is 1. The van der Waals surface area contributed by atoms with Crippen LogP contribution >= 0.6 is 0 Å². The highest BCUT2D eigenvalue weighted by molar-refractivity contribution is 5.94. The number of hydrogen-bond acceptors (Lipinski definition) is 5. The molecule has 0 spiro atoms. The summed E-state index contributed by atoms with van der Waals surface area (Å²) in [6.45, 7) is 5.22. The summed E-state index contributed by atoms with van der Waals surface area (Å²) in [6, 6.07) is 4.91. The van der Waals surface area contributed by atoms with Crippen molar-refractivity contribution in [3.8, 4) is 0 Å². The molecule has 21 heavy (non-hydrogen) atoms. The fourth-order valence-corrected chi connectivity index (χ4v) is 1.77. The average molecular weight is 293 g/mol. The maximum absolute atomic E-state index is 12.0. The second-order valence-electron chi connectivity index (χ2n) is 5.38. The summed E-state index contributed by atoms with van der Waals surface area (Å²) in [5.41, 5.74) is 7.51. The van der Waals surface area contributed by atoms with Crippen LogP contribution in [0.5, 0.6) is 0 Å². The van der Waals surface area contributed by atoms with E-state index in [1.807, 2.05) is 32.8 Å². The van der Waals surface area contributed by atoms with E-state index in [-0.39, 0.29) is 11.9 Å². The Kier molecular flexibility index (Phi) is 5.58. The Bertz CT molecular complexity index is 527. The number of nitrogens with one attached hydrogen (secondary N) is 1. The van der Waals surface area contributed by atoms with Gasteiger partial charge in [0.2, 0.25) is 0 Å². The van der Waals surface area contributed by atoms with E-state index in [1.54, 1.807) is 18.2 Å². The number of benzene rings is 1. The van der Waals surface area contributed by atoms with Crippen LogP contribution in [0.2, 0.25) is 0 Å². The predicted octanol–water partition coefficient (Wildman–Crippen LogP) is 1.40. The molecule has 0 bridgehead atoms. The van der Waals surface area contributed by atoms with Crippen LogP contribution in [-0.4, -0.2) is 38.1 Å². The van der Waals surface area contributed by atoms with E-state index in [9.17, 15) is 9.59 Å². The molecule has 3 N–H and O–H groups in total. The Labute approximate surface area is 125 Å². The van der Waals surface area contributed by atoms with Crippen molar-refractivity contribution < 1.29 is 14.3 Å². The van der Waals surface area contributed by atoms with E-state index >= 15 is 0 Å². The molecule has 116 valence electrons. The Hall–Kier alpha value is -2.24. The number of nitrogens with zero attached hydrogens (tertiary/aromatic N) is 1. The van der Waals surface area contributed by atoms with Crippen LogP contribution in [0.3, 0.4) is 0 Å². The molecule has 0 aliphatic rings. The zero-order chi connectivity index (χ0) is 16.2. The third-order valence-corrected chi connectivity index (χ3v) is 2.83. The largest absolute Gasteiger partial charge is 0.449 e. The van der Waals surface area contributed by atoms with E-state index in [4.69, 9.17) is 10.5 Å². The lowest BCUT2D eigenvalue weighted by Crippen LogP contribution is -2.39. The van der Waals surface area contributed by atoms with Crippen LogP contribution in [-0.2, 0) is 9.53 Å². The predicted molar refractivity (Wildman–Crippen MR) is 83.3 cm³/mol. The molecule has 1 aromatic rings. The molecule has 1 aromatic carbocycles. The normalized spacial score (nSPS) is 11.9. The Morgan fingerprint density at radius 3 is 2.33 bits per heavy atom. The molecular weight excluding hydrogens is 270 g/mol. The lowest BCUT2D eigenvalue weighted by Gasteiger charge is -2.17. The molecule has 0 aliphatic carbocycles. The van der Waals surface area contributed by atoms with Gasteiger partial charge in [-0.3, -0.25) is 4.79 Å². The van der Waals surface area contributed by atoms with Crippen LogP contribution in [0, 0.1) is 0 Å². The monoisotopic (exact) mass is 293 g/mol. The highest BCUT2D eigenvalue weighted by atomic mass is 16.5. The number of nitrogen functional groups attached to an aromatic ring is 1. The number of anilines is 2. The number of hydrogen-bond donors (Lipinski definition) is 2. The van der Waals surface area contributed by atoms with E-state index < -0.39 is 12.1 Å². The van der Waals surface area contributed by atoms with Crippen molar-refractivity contribution >= 4 is 23.3 Å². The first-order valence-electron chi connectivity index (χ1n) is 6.80. The van der Waals surface area contributed by atoms with E-state index in [0.717, 1.165) is 5.69 Å². The first-order chi connectivity index (χ1) is 9.72. The number of rotatable bonds is 5. The lowest BCUT2D eigenvalue weighted by molar-refractivity contribution is -0.129. The average Bonchev–Trinajstić information content (AvgIpc) is 2.36. The van der Waals surface area contributed by atoms with Gasteiger partial charge in [-0.25, -0.2) is 4.79 Å². The van der Waals surface area contributed by atoms with Gasteiger partial charge in [0.15, 0.2) is 6.10 Å². The molecule has 1 rings (SSSR count). The van der Waals surface area contributed by atoms with Crippen molar-refractivity contribution in [1.82, 2.24) is 5.32 Å². The lowest BCUT2D eigenvalue weighted by atomic mass is 10.1. The minimum absolute atomic E-state index is 0.00586. The minimum Gasteiger partial charge on any atom is -0.449 e. The molecule has 6 heteroatoms. The zero-order valence-corrected chi connectivity index (χ0v) is 13.1. The van der Waals surface area contributed by atoms with Crippen molar-refractivity contribution in [3.05, 3.63) is 23.8 Å². The number of esters is 1. The summed E-state index contributed by atoms with van der Waals surface area (Å²) >= 11 is 0. The second kappa shape index (κ2) is 6.97. The van der Waals surface area contributed by atoms with Gasteiger partial charge in [-0.05, 0) is 39.0 Å². The van der Waals surface area contributed by atoms with Gasteiger partial charge in [0.25, 0.3) is 5.91 Å². The quantitative estimate of drug-likeness (QED) is 0.633. The smallest absolute Gasteiger partial charge is 0.338 e. The Balaban J connectivity index is 2.76. The van der Waals surface area contributed by atoms with Crippen molar-refractivity contribution in [2.24, 2.45) is 0 Å². The first kappa shape index (κ1) is 16.8. The number of carbonyl (C=O) groups is 2. The van der Waals surface area contributed by atoms with Gasteiger partial charge in [0.05, 0.1) is 16.9 Å². The van der Waals surface area contributed by atoms with Gasteiger partial charge in [-0.2, -0.15) is 0 Å². The number of carbonyl (C=O) groups excluding carboxylic acids is 2. The maximum atomic E-state index is 12.0. The maximum Gasteiger partial charge on any atom is 0.338 e. The van der Waals surface area contributed by atoms with Crippen LogP contribution in [0.4, 0.5) is 11.4 Å². The summed E-state index contributed by atoms with van der Waals surface area (Å²) in [5.74, 6) is -0.894. The van der Waals surface area contributed by atoms with Gasteiger partial charge in [-0.1, -0.05) is 0 Å². The SMILES string of the molecule is CC(C)NC(=O)C(C)OC(=O)c1ccc(N(C)C)c(N)c1. The van der Waals surface area contributed by atoms with Crippen molar-refractivity contribution in [1.29, 1.82) is 0 Å². The van der Waals surface area contributed by atoms with Crippen molar-refractivity contribution in [2.45, 2.75) is 32.9 Å². The first-order valence-corrected chi connectivity index (χ1v) is 6.80. The molecule has 1 unspecified atom stereocenters. The topological polar surface area (TPSA) is 84.7 Å². The molecule has 0 fully saturated rings. The van der Waals surface area contributed by atoms with Gasteiger partial charge >= 0.3 is 5.97 Å². The van der Waals surface area contributed by atoms with Crippen LogP contribution < -0.4 is 16.0 Å². The van der Waals surface area contributed by atoms with Crippen LogP contribution in [0.25, 0.3) is 0 Å². The molecule has 0 heterocycles. The summed E-state index contributed by atoms with van der Waals surface area (Å²) in [4.78, 5) is 25.6. The molecule has 1 atom stereocenters. The van der Waals surface area contributed by atoms with Gasteiger partial charge in [0, 0.05) is 20.1 Å². The van der Waals surface area contributed by atoms with Gasteiger partial charge in [0.1, 0.15) is 0 Å². The summed E-state index contributed by atoms with van der Waals surface area (Å²) in [7, 11) is 3.73. The third kappa shape index (κ3) is 4.66. The van der Waals surface area contributed by atoms with Gasteiger partial charge < -0.3 is 20.7 Å². The summed E-state index contributed by atoms with van der Waals surface area (Å²) in [6.07, 6.45) is -0.852. The fraction of sp³-hybridized carbons (Fsp3) is 0.467. The molecule has 1 amide bonds. The number of ether oxygens (including phenoxy) is 1. The van der Waals surface area contributed by atoms with Crippen LogP contribution in [0.1, 0.15) is 31.1 Å². The Morgan fingerprint density at radius 1 is 1.24 bits per heavy atom. The summed E-state index contributed by atoms with van der Waals surface area (Å²) < 4.78 is 5.13. The highest BCUT2D eigenvalue weighted by Gasteiger charge is 2.19. The third-order valence-electron chi connectivity index (χ3n) is 2.83. The molecule has 6 nitrogen and oxygen atoms in total. The van der Waals surface area contributed by atoms with Crippen molar-refractivity contribution in [3.63, 3.8) is 0 Å². The van der Waals surface area contributed by atoms with Gasteiger partial charge in [-0.15, -0.1) is 0 Å². The van der Waals surface area contributed by atoms with E-state index in [2.05, 4.69) is 5.32 Å². The fourth-order valence-electron chi connectivity index (χ4n) is 1.77. The second-order valence-corrected chi connectivity index (χ2v) is 5.38. The van der Waals surface area contributed by atoms with E-state index in [1.165, 1.54) is 6.92 Å². The molecule has 0 saturated heterocycles. The highest BCUT2D eigenvalue weighted by Crippen LogP contribution is 2.22. The zero-order valence-electron chi connectivity index (χ0n) is 13.1. The number of nitrogens with two attached hydrogens (primary N) is 1. The van der Waals surface area contributed by atoms with Crippen LogP contribution in [0.15, 0.2) is 18.2 Å². The Morgan fingerprint density at radius 2 is 1.86 bits per heavy atom. The molecule has 0 aromatic heterocycles. The standard InChI is InChI=1S/C15H23N3O3/c1-9(2)17-14(19)10(3)21-15(20)11-6-7-13(18(4)5)12(16)8-11/h6-10H,16H2,1-5H3,(H,17,19). The van der Waals surface area contributed by atoms with Crippen molar-refractivity contribution in [2.75, 3.05) is 24.7 Å². The molecule has 0 saturated carbocycles. The molecule has 0 radical (unpaired) electrons. The summed E-state index contributed by atoms with van der Waals surface area (Å²) in [5, 5.41) is 2.69. The minimum atomic E-state index is -0.852. The van der Waals surface area contributed by atoms with E-state index in [0.29, 0.717) is 11.3 Å². The molecule has 0 aliphatic heterocycles.